The molecule has 0 bridgehead atoms. The van der Waals surface area contributed by atoms with Gasteiger partial charge in [-0.05, 0) is 62.8 Å². The Morgan fingerprint density at radius 2 is 1.88 bits per heavy atom. The van der Waals surface area contributed by atoms with E-state index in [1.807, 2.05) is 6.20 Å². The van der Waals surface area contributed by atoms with Gasteiger partial charge in [-0.3, -0.25) is 4.90 Å². The number of aromatic nitrogens is 1. The van der Waals surface area contributed by atoms with Gasteiger partial charge in [0, 0.05) is 51.0 Å². The summed E-state index contributed by atoms with van der Waals surface area (Å²) in [5.74, 6) is 2.01. The minimum absolute atomic E-state index is 0. The van der Waals surface area contributed by atoms with Crippen LogP contribution in [0.15, 0.2) is 53.7 Å². The van der Waals surface area contributed by atoms with Crippen LogP contribution in [0.1, 0.15) is 50.7 Å². The average molecular weight is 563 g/mol. The van der Waals surface area contributed by atoms with Crippen molar-refractivity contribution in [1.29, 1.82) is 0 Å². The zero-order valence-electron chi connectivity index (χ0n) is 20.0. The molecule has 33 heavy (non-hydrogen) atoms. The van der Waals surface area contributed by atoms with Crippen molar-refractivity contribution < 1.29 is 0 Å². The topological polar surface area (TPSA) is 55.8 Å². The predicted octanol–water partition coefficient (Wildman–Crippen LogP) is 4.41. The minimum atomic E-state index is 0. The Balaban J connectivity index is 0.00000306. The molecule has 2 aliphatic rings. The number of anilines is 1. The number of hydrogen-bond donors (Lipinski definition) is 2. The Hall–Kier alpha value is -1.87. The highest BCUT2D eigenvalue weighted by Crippen LogP contribution is 2.21. The van der Waals surface area contributed by atoms with Gasteiger partial charge in [-0.1, -0.05) is 30.3 Å². The second-order valence-electron chi connectivity index (χ2n) is 9.08. The molecule has 6 nitrogen and oxygen atoms in total. The molecule has 4 rings (SSSR count). The summed E-state index contributed by atoms with van der Waals surface area (Å²) in [7, 11) is 0. The third kappa shape index (κ3) is 7.57. The van der Waals surface area contributed by atoms with Crippen LogP contribution in [0.3, 0.4) is 0 Å². The second kappa shape index (κ2) is 13.1. The third-order valence-electron chi connectivity index (χ3n) is 6.59. The molecule has 0 radical (unpaired) electrons. The van der Waals surface area contributed by atoms with Crippen LogP contribution in [0.5, 0.6) is 0 Å². The number of nitrogens with zero attached hydrogens (tertiary/aromatic N) is 4. The SMILES string of the molecule is CCNC(=NCc1ccnc(N2CCCC2)c1)NC1CCN(Cc2ccccc2)C(C)C1.I. The summed E-state index contributed by atoms with van der Waals surface area (Å²) in [6.07, 6.45) is 6.72. The number of hydrogen-bond acceptors (Lipinski definition) is 4. The van der Waals surface area contributed by atoms with Crippen molar-refractivity contribution in [2.75, 3.05) is 31.1 Å². The van der Waals surface area contributed by atoms with Crippen LogP contribution in [0, 0.1) is 0 Å². The highest BCUT2D eigenvalue weighted by molar-refractivity contribution is 14.0. The largest absolute Gasteiger partial charge is 0.357 e. The molecule has 0 spiro atoms. The fourth-order valence-electron chi connectivity index (χ4n) is 4.77. The van der Waals surface area contributed by atoms with E-state index in [9.17, 15) is 0 Å². The Morgan fingerprint density at radius 3 is 2.61 bits per heavy atom. The summed E-state index contributed by atoms with van der Waals surface area (Å²) >= 11 is 0. The van der Waals surface area contributed by atoms with E-state index in [4.69, 9.17) is 4.99 Å². The number of aliphatic imine (C=N–C) groups is 1. The van der Waals surface area contributed by atoms with Crippen LogP contribution < -0.4 is 15.5 Å². The van der Waals surface area contributed by atoms with Gasteiger partial charge in [0.05, 0.1) is 6.54 Å². The van der Waals surface area contributed by atoms with Gasteiger partial charge >= 0.3 is 0 Å². The lowest BCUT2D eigenvalue weighted by Gasteiger charge is -2.38. The molecule has 3 heterocycles. The maximum Gasteiger partial charge on any atom is 0.191 e. The maximum absolute atomic E-state index is 4.89. The quantitative estimate of drug-likeness (QED) is 0.298. The summed E-state index contributed by atoms with van der Waals surface area (Å²) in [6, 6.07) is 16.1. The predicted molar refractivity (Wildman–Crippen MR) is 148 cm³/mol. The number of piperidine rings is 1. The number of likely N-dealkylation sites (tertiary alicyclic amines) is 1. The molecule has 2 aliphatic heterocycles. The molecule has 180 valence electrons. The molecular weight excluding hydrogens is 523 g/mol. The van der Waals surface area contributed by atoms with Gasteiger partial charge in [0.25, 0.3) is 0 Å². The van der Waals surface area contributed by atoms with Crippen molar-refractivity contribution in [2.24, 2.45) is 4.99 Å². The first-order valence-electron chi connectivity index (χ1n) is 12.2. The maximum atomic E-state index is 4.89. The van der Waals surface area contributed by atoms with Gasteiger partial charge in [0.1, 0.15) is 5.82 Å². The third-order valence-corrected chi connectivity index (χ3v) is 6.59. The van der Waals surface area contributed by atoms with Crippen molar-refractivity contribution in [3.05, 3.63) is 59.8 Å². The van der Waals surface area contributed by atoms with E-state index in [2.05, 4.69) is 81.7 Å². The Labute approximate surface area is 216 Å². The van der Waals surface area contributed by atoms with Crippen LogP contribution in [-0.2, 0) is 13.1 Å². The molecule has 2 saturated heterocycles. The standard InChI is InChI=1S/C26H38N6.HI/c1-3-27-26(29-19-23-11-13-28-25(18-23)31-14-7-8-15-31)30-24-12-16-32(21(2)17-24)20-22-9-5-4-6-10-22;/h4-6,9-11,13,18,21,24H,3,7-8,12,14-17,19-20H2,1-2H3,(H2,27,29,30);1H. The first-order valence-corrected chi connectivity index (χ1v) is 12.2. The Bertz CT molecular complexity index is 868. The number of halogens is 1. The summed E-state index contributed by atoms with van der Waals surface area (Å²) in [6.45, 7) is 10.4. The summed E-state index contributed by atoms with van der Waals surface area (Å²) in [5.41, 5.74) is 2.61. The second-order valence-corrected chi connectivity index (χ2v) is 9.08. The number of guanidine groups is 1. The summed E-state index contributed by atoms with van der Waals surface area (Å²) in [5, 5.41) is 7.13. The number of benzene rings is 1. The number of pyridine rings is 1. The average Bonchev–Trinajstić information content (AvgIpc) is 3.36. The van der Waals surface area contributed by atoms with Crippen LogP contribution in [-0.4, -0.2) is 54.1 Å². The van der Waals surface area contributed by atoms with E-state index in [1.54, 1.807) is 0 Å². The van der Waals surface area contributed by atoms with Crippen molar-refractivity contribution in [2.45, 2.75) is 64.7 Å². The van der Waals surface area contributed by atoms with Gasteiger partial charge in [-0.2, -0.15) is 0 Å². The van der Waals surface area contributed by atoms with Gasteiger partial charge in [0.2, 0.25) is 0 Å². The van der Waals surface area contributed by atoms with E-state index in [0.717, 1.165) is 57.3 Å². The van der Waals surface area contributed by atoms with Crippen LogP contribution in [0.25, 0.3) is 0 Å². The van der Waals surface area contributed by atoms with Crippen molar-refractivity contribution in [3.8, 4) is 0 Å². The van der Waals surface area contributed by atoms with Crippen LogP contribution in [0.2, 0.25) is 0 Å². The van der Waals surface area contributed by atoms with Gasteiger partial charge < -0.3 is 15.5 Å². The first kappa shape index (κ1) is 25.7. The van der Waals surface area contributed by atoms with Gasteiger partial charge in [0.15, 0.2) is 5.96 Å². The summed E-state index contributed by atoms with van der Waals surface area (Å²) < 4.78 is 0. The van der Waals surface area contributed by atoms with E-state index < -0.39 is 0 Å². The van der Waals surface area contributed by atoms with E-state index in [1.165, 1.54) is 24.0 Å². The molecule has 2 N–H and O–H groups in total. The minimum Gasteiger partial charge on any atom is -0.357 e. The molecule has 0 saturated carbocycles. The fraction of sp³-hybridized carbons (Fsp3) is 0.538. The van der Waals surface area contributed by atoms with E-state index in [0.29, 0.717) is 18.6 Å². The molecular formula is C26H39IN6. The van der Waals surface area contributed by atoms with Crippen LogP contribution >= 0.6 is 24.0 Å². The Morgan fingerprint density at radius 1 is 1.09 bits per heavy atom. The van der Waals surface area contributed by atoms with Gasteiger partial charge in [-0.25, -0.2) is 9.98 Å². The van der Waals surface area contributed by atoms with Crippen molar-refractivity contribution >= 4 is 35.8 Å². The van der Waals surface area contributed by atoms with Crippen LogP contribution in [0.4, 0.5) is 5.82 Å². The fourth-order valence-corrected chi connectivity index (χ4v) is 4.77. The van der Waals surface area contributed by atoms with Crippen molar-refractivity contribution in [1.82, 2.24) is 20.5 Å². The van der Waals surface area contributed by atoms with Crippen molar-refractivity contribution in [3.63, 3.8) is 0 Å². The highest BCUT2D eigenvalue weighted by atomic mass is 127. The monoisotopic (exact) mass is 562 g/mol. The lowest BCUT2D eigenvalue weighted by atomic mass is 9.97. The number of rotatable bonds is 7. The molecule has 2 unspecified atom stereocenters. The number of nitrogens with one attached hydrogen (secondary N) is 2. The lowest BCUT2D eigenvalue weighted by Crippen LogP contribution is -2.51. The molecule has 2 atom stereocenters. The molecule has 7 heteroatoms. The molecule has 2 fully saturated rings. The zero-order chi connectivity index (χ0) is 22.2. The normalized spacial score (nSPS) is 21.5. The van der Waals surface area contributed by atoms with E-state index >= 15 is 0 Å². The molecule has 1 aromatic heterocycles. The first-order chi connectivity index (χ1) is 15.7. The lowest BCUT2D eigenvalue weighted by molar-refractivity contribution is 0.134. The van der Waals surface area contributed by atoms with E-state index in [-0.39, 0.29) is 24.0 Å². The summed E-state index contributed by atoms with van der Waals surface area (Å²) in [4.78, 5) is 14.4. The highest BCUT2D eigenvalue weighted by Gasteiger charge is 2.26. The smallest absolute Gasteiger partial charge is 0.191 e. The molecule has 0 aliphatic carbocycles. The molecule has 2 aromatic rings. The van der Waals surface area contributed by atoms with Gasteiger partial charge in [-0.15, -0.1) is 24.0 Å². The molecule has 0 amide bonds. The molecule has 1 aromatic carbocycles. The Kier molecular flexibility index (Phi) is 10.2. The zero-order valence-corrected chi connectivity index (χ0v) is 22.4.